The summed E-state index contributed by atoms with van der Waals surface area (Å²) in [6.07, 6.45) is 2.17. The van der Waals surface area contributed by atoms with E-state index in [-0.39, 0.29) is 36.2 Å². The molecule has 0 radical (unpaired) electrons. The average Bonchev–Trinajstić information content (AvgIpc) is 3.02. The van der Waals surface area contributed by atoms with Gasteiger partial charge < -0.3 is 10.1 Å². The molecule has 2 aromatic carbocycles. The Hall–Kier alpha value is -0.690. The minimum atomic E-state index is -0.235. The van der Waals surface area contributed by atoms with Crippen molar-refractivity contribution in [1.82, 2.24) is 10.2 Å². The van der Waals surface area contributed by atoms with E-state index in [0.717, 1.165) is 49.1 Å². The van der Waals surface area contributed by atoms with E-state index in [1.54, 1.807) is 6.07 Å². The number of rotatable bonds is 5. The maximum absolute atomic E-state index is 13.6. The molecule has 28 heavy (non-hydrogen) atoms. The molecule has 1 N–H and O–H groups in total. The first-order valence-electron chi connectivity index (χ1n) is 9.24. The van der Waals surface area contributed by atoms with Crippen LogP contribution in [0.1, 0.15) is 23.1 Å². The first kappa shape index (κ1) is 23.6. The highest BCUT2D eigenvalue weighted by Crippen LogP contribution is 2.42. The zero-order valence-corrected chi connectivity index (χ0v) is 18.8. The van der Waals surface area contributed by atoms with E-state index in [2.05, 4.69) is 50.4 Å². The molecule has 0 aromatic heterocycles. The van der Waals surface area contributed by atoms with Crippen molar-refractivity contribution in [3.63, 3.8) is 0 Å². The summed E-state index contributed by atoms with van der Waals surface area (Å²) in [5, 5.41) is 3.44. The van der Waals surface area contributed by atoms with E-state index < -0.39 is 0 Å². The van der Waals surface area contributed by atoms with Gasteiger partial charge in [-0.05, 0) is 47.7 Å². The molecule has 1 aliphatic heterocycles. The van der Waals surface area contributed by atoms with E-state index in [4.69, 9.17) is 4.74 Å². The van der Waals surface area contributed by atoms with Gasteiger partial charge in [0.25, 0.3) is 0 Å². The third kappa shape index (κ3) is 4.89. The molecule has 1 atom stereocenters. The third-order valence-corrected chi connectivity index (χ3v) is 6.04. The number of fused-ring (bicyclic) bond motifs is 1. The molecule has 3 nitrogen and oxygen atoms in total. The summed E-state index contributed by atoms with van der Waals surface area (Å²) in [6, 6.07) is 13.7. The number of nitrogens with one attached hydrogen (secondary N) is 1. The van der Waals surface area contributed by atoms with Crippen molar-refractivity contribution in [1.29, 1.82) is 0 Å². The minimum absolute atomic E-state index is 0. The fourth-order valence-corrected chi connectivity index (χ4v) is 4.88. The fourth-order valence-electron chi connectivity index (χ4n) is 4.36. The van der Waals surface area contributed by atoms with Gasteiger partial charge in [-0.1, -0.05) is 40.2 Å². The van der Waals surface area contributed by atoms with Gasteiger partial charge in [0.15, 0.2) is 0 Å². The Labute approximate surface area is 187 Å². The van der Waals surface area contributed by atoms with E-state index in [1.165, 1.54) is 17.2 Å². The van der Waals surface area contributed by atoms with Gasteiger partial charge in [-0.3, -0.25) is 4.90 Å². The van der Waals surface area contributed by atoms with Gasteiger partial charge in [-0.2, -0.15) is 0 Å². The first-order chi connectivity index (χ1) is 12.7. The Morgan fingerprint density at radius 1 is 1.11 bits per heavy atom. The van der Waals surface area contributed by atoms with Crippen molar-refractivity contribution in [3.05, 3.63) is 69.4 Å². The Bertz CT molecular complexity index is 769. The summed E-state index contributed by atoms with van der Waals surface area (Å²) in [5.74, 6) is -0.235. The SMILES string of the molecule is Cl.Cl.Fc1cc(Br)cc(COC[C@@]2(N3CCNCC3)CCc3ccccc32)c1. The number of benzene rings is 2. The summed E-state index contributed by atoms with van der Waals surface area (Å²) < 4.78 is 20.5. The van der Waals surface area contributed by atoms with Crippen LogP contribution in [0.15, 0.2) is 46.9 Å². The smallest absolute Gasteiger partial charge is 0.124 e. The Kier molecular flexibility index (Phi) is 8.74. The summed E-state index contributed by atoms with van der Waals surface area (Å²) in [6.45, 7) is 5.15. The maximum Gasteiger partial charge on any atom is 0.124 e. The second-order valence-electron chi connectivity index (χ2n) is 7.20. The number of piperazine rings is 1. The number of hydrogen-bond donors (Lipinski definition) is 1. The Morgan fingerprint density at radius 2 is 1.86 bits per heavy atom. The van der Waals surface area contributed by atoms with Crippen molar-refractivity contribution >= 4 is 40.7 Å². The summed E-state index contributed by atoms with van der Waals surface area (Å²) in [7, 11) is 0. The van der Waals surface area contributed by atoms with Crippen molar-refractivity contribution in [2.45, 2.75) is 25.0 Å². The van der Waals surface area contributed by atoms with E-state index in [1.807, 2.05) is 6.07 Å². The van der Waals surface area contributed by atoms with Crippen LogP contribution in [0.2, 0.25) is 0 Å². The minimum Gasteiger partial charge on any atom is -0.374 e. The van der Waals surface area contributed by atoms with Gasteiger partial charge in [-0.15, -0.1) is 24.8 Å². The molecule has 0 bridgehead atoms. The molecular formula is C21H26BrCl2FN2O. The van der Waals surface area contributed by atoms with Gasteiger partial charge in [0.1, 0.15) is 5.82 Å². The van der Waals surface area contributed by atoms with Crippen molar-refractivity contribution in [3.8, 4) is 0 Å². The summed E-state index contributed by atoms with van der Waals surface area (Å²) >= 11 is 3.35. The lowest BCUT2D eigenvalue weighted by Gasteiger charge is -2.44. The molecular weight excluding hydrogens is 466 g/mol. The molecule has 1 aliphatic carbocycles. The van der Waals surface area contributed by atoms with Gasteiger partial charge in [0.05, 0.1) is 18.8 Å². The van der Waals surface area contributed by atoms with Gasteiger partial charge in [0, 0.05) is 30.7 Å². The van der Waals surface area contributed by atoms with Crippen LogP contribution in [0, 0.1) is 5.82 Å². The molecule has 2 aromatic rings. The third-order valence-electron chi connectivity index (χ3n) is 5.58. The highest BCUT2D eigenvalue weighted by Gasteiger charge is 2.44. The van der Waals surface area contributed by atoms with Crippen molar-refractivity contribution in [2.75, 3.05) is 32.8 Å². The zero-order chi connectivity index (χ0) is 18.0. The number of ether oxygens (including phenoxy) is 1. The molecule has 2 aliphatic rings. The second kappa shape index (κ2) is 10.4. The van der Waals surface area contributed by atoms with Crippen molar-refractivity contribution < 1.29 is 9.13 Å². The summed E-state index contributed by atoms with van der Waals surface area (Å²) in [5.41, 5.74) is 3.63. The molecule has 7 heteroatoms. The highest BCUT2D eigenvalue weighted by atomic mass is 79.9. The monoisotopic (exact) mass is 490 g/mol. The van der Waals surface area contributed by atoms with Crippen LogP contribution in [0.5, 0.6) is 0 Å². The number of hydrogen-bond acceptors (Lipinski definition) is 3. The molecule has 0 saturated carbocycles. The highest BCUT2D eigenvalue weighted by molar-refractivity contribution is 9.10. The van der Waals surface area contributed by atoms with E-state index in [0.29, 0.717) is 13.2 Å². The average molecular weight is 492 g/mol. The first-order valence-corrected chi connectivity index (χ1v) is 10.0. The predicted molar refractivity (Wildman–Crippen MR) is 119 cm³/mol. The van der Waals surface area contributed by atoms with Gasteiger partial charge in [-0.25, -0.2) is 4.39 Å². The Morgan fingerprint density at radius 3 is 2.61 bits per heavy atom. The predicted octanol–water partition coefficient (Wildman–Crippen LogP) is 4.70. The van der Waals surface area contributed by atoms with E-state index in [9.17, 15) is 4.39 Å². The lowest BCUT2D eigenvalue weighted by molar-refractivity contribution is -0.0240. The van der Waals surface area contributed by atoms with Crippen LogP contribution in [-0.2, 0) is 23.3 Å². The number of aryl methyl sites for hydroxylation is 1. The van der Waals surface area contributed by atoms with Gasteiger partial charge >= 0.3 is 0 Å². The number of halogens is 4. The molecule has 0 amide bonds. The lowest BCUT2D eigenvalue weighted by atomic mass is 9.89. The summed E-state index contributed by atoms with van der Waals surface area (Å²) in [4.78, 5) is 2.58. The van der Waals surface area contributed by atoms with E-state index >= 15 is 0 Å². The topological polar surface area (TPSA) is 24.5 Å². The standard InChI is InChI=1S/C21H24BrFN2O.2ClH/c22-18-11-16(12-19(23)13-18)14-26-15-21(25-9-7-24-8-10-25)6-5-17-3-1-2-4-20(17)21;;/h1-4,11-13,24H,5-10,14-15H2;2*1H/t21-;;/m0../s1. The molecule has 0 unspecified atom stereocenters. The molecule has 1 heterocycles. The van der Waals surface area contributed by atoms with Crippen LogP contribution in [0.3, 0.4) is 0 Å². The molecule has 154 valence electrons. The van der Waals surface area contributed by atoms with Crippen LogP contribution in [0.4, 0.5) is 4.39 Å². The van der Waals surface area contributed by atoms with Crippen molar-refractivity contribution in [2.24, 2.45) is 0 Å². The quantitative estimate of drug-likeness (QED) is 0.656. The van der Waals surface area contributed by atoms with Crippen LogP contribution >= 0.6 is 40.7 Å². The van der Waals surface area contributed by atoms with Gasteiger partial charge in [0.2, 0.25) is 0 Å². The molecule has 1 fully saturated rings. The Balaban J connectivity index is 0.00000140. The number of nitrogens with zero attached hydrogens (tertiary/aromatic N) is 1. The second-order valence-corrected chi connectivity index (χ2v) is 8.11. The van der Waals surface area contributed by atoms with Crippen LogP contribution in [-0.4, -0.2) is 37.7 Å². The molecule has 4 rings (SSSR count). The molecule has 0 spiro atoms. The zero-order valence-electron chi connectivity index (χ0n) is 15.6. The normalized spacial score (nSPS) is 21.5. The maximum atomic E-state index is 13.6. The van der Waals surface area contributed by atoms with Crippen LogP contribution < -0.4 is 5.32 Å². The van der Waals surface area contributed by atoms with Crippen LogP contribution in [0.25, 0.3) is 0 Å². The lowest BCUT2D eigenvalue weighted by Crippen LogP contribution is -2.55. The fraction of sp³-hybridized carbons (Fsp3) is 0.429. The molecule has 1 saturated heterocycles. The largest absolute Gasteiger partial charge is 0.374 e.